The van der Waals surface area contributed by atoms with E-state index in [1.807, 2.05) is 13.0 Å². The molecule has 7 heteroatoms. The van der Waals surface area contributed by atoms with Crippen LogP contribution in [0.15, 0.2) is 35.5 Å². The third-order valence-electron chi connectivity index (χ3n) is 9.21. The normalized spacial score (nSPS) is 40.0. The molecular formula is C26H34O7. The van der Waals surface area contributed by atoms with Gasteiger partial charge >= 0.3 is 11.9 Å². The number of carbonyl (C=O) groups excluding carboxylic acids is 1. The summed E-state index contributed by atoms with van der Waals surface area (Å²) in [5, 5.41) is 41.2. The lowest BCUT2D eigenvalue weighted by Crippen LogP contribution is -2.57. The minimum atomic E-state index is -2.04. The van der Waals surface area contributed by atoms with Gasteiger partial charge in [0, 0.05) is 5.41 Å². The number of carbonyl (C=O) groups is 3. The molecule has 0 radical (unpaired) electrons. The molecule has 4 N–H and O–H groups in total. The molecule has 4 rings (SSSR count). The second-order valence-corrected chi connectivity index (χ2v) is 11.1. The number of aliphatic hydroxyl groups is 2. The summed E-state index contributed by atoms with van der Waals surface area (Å²) in [6.45, 7) is 6.19. The number of carboxylic acids is 2. The highest BCUT2D eigenvalue weighted by Gasteiger charge is 2.64. The number of allylic oxidation sites excluding steroid dienone is 6. The quantitative estimate of drug-likeness (QED) is 0.450. The zero-order valence-electron chi connectivity index (χ0n) is 19.5. The van der Waals surface area contributed by atoms with Crippen LogP contribution >= 0.6 is 0 Å². The van der Waals surface area contributed by atoms with Crippen LogP contribution in [0.2, 0.25) is 0 Å². The van der Waals surface area contributed by atoms with Crippen molar-refractivity contribution in [2.75, 3.05) is 0 Å². The van der Waals surface area contributed by atoms with Crippen LogP contribution in [0.5, 0.6) is 0 Å². The molecule has 4 aliphatic rings. The molecule has 2 saturated carbocycles. The maximum atomic E-state index is 12.0. The molecule has 0 amide bonds. The van der Waals surface area contributed by atoms with Crippen LogP contribution in [0.1, 0.15) is 59.3 Å². The van der Waals surface area contributed by atoms with Gasteiger partial charge in [0.05, 0.1) is 18.9 Å². The smallest absolute Gasteiger partial charge is 0.306 e. The van der Waals surface area contributed by atoms with Gasteiger partial charge in [-0.05, 0) is 73.8 Å². The highest BCUT2D eigenvalue weighted by Crippen LogP contribution is 2.67. The second kappa shape index (κ2) is 7.91. The Hall–Kier alpha value is -2.25. The van der Waals surface area contributed by atoms with Gasteiger partial charge in [-0.15, -0.1) is 0 Å². The first-order chi connectivity index (χ1) is 15.3. The number of aliphatic hydroxyl groups excluding tert-OH is 1. The van der Waals surface area contributed by atoms with E-state index in [-0.39, 0.29) is 29.0 Å². The van der Waals surface area contributed by atoms with Crippen molar-refractivity contribution in [3.05, 3.63) is 35.5 Å². The van der Waals surface area contributed by atoms with Gasteiger partial charge in [-0.3, -0.25) is 14.4 Å². The topological polar surface area (TPSA) is 132 Å². The number of carboxylic acid groups (broad SMARTS) is 2. The van der Waals surface area contributed by atoms with E-state index in [9.17, 15) is 34.8 Å². The molecule has 33 heavy (non-hydrogen) atoms. The number of fused-ring (bicyclic) bond motifs is 5. The highest BCUT2D eigenvalue weighted by molar-refractivity contribution is 6.01. The van der Waals surface area contributed by atoms with Gasteiger partial charge in [-0.25, -0.2) is 0 Å². The summed E-state index contributed by atoms with van der Waals surface area (Å²) < 4.78 is 0. The molecule has 0 aromatic rings. The SMILES string of the molecule is C[C@@H]1C[C@H]2[C@@H]3CCC4=CC(=O)C=C[C@]4(C)C3=CC[C@]2(C)C1C(O)(CC(=O)O)C(O)CC(=O)O. The average molecular weight is 459 g/mol. The Bertz CT molecular complexity index is 977. The lowest BCUT2D eigenvalue weighted by Gasteiger charge is -2.54. The van der Waals surface area contributed by atoms with Crippen molar-refractivity contribution in [3.63, 3.8) is 0 Å². The zero-order valence-corrected chi connectivity index (χ0v) is 19.5. The summed E-state index contributed by atoms with van der Waals surface area (Å²) in [6.07, 6.45) is 7.55. The Balaban J connectivity index is 1.75. The molecule has 180 valence electrons. The van der Waals surface area contributed by atoms with Crippen molar-refractivity contribution in [2.45, 2.75) is 71.0 Å². The standard InChI is InChI=1S/C26H34O7/c1-14-10-19-17-5-4-15-11-16(27)6-8-24(15,2)18(17)7-9-25(19,3)23(14)26(33,13-22(31)32)20(28)12-21(29)30/h6-8,11,14,17,19-20,23,28,33H,4-5,9-10,12-13H2,1-3H3,(H,29,30)(H,31,32)/t14-,17-,19+,20?,23?,24+,25+,26?/m1/s1. The third-order valence-corrected chi connectivity index (χ3v) is 9.21. The predicted molar refractivity (Wildman–Crippen MR) is 120 cm³/mol. The summed E-state index contributed by atoms with van der Waals surface area (Å²) in [5.41, 5.74) is -0.419. The molecule has 7 nitrogen and oxygen atoms in total. The van der Waals surface area contributed by atoms with Gasteiger partial charge < -0.3 is 20.4 Å². The van der Waals surface area contributed by atoms with Gasteiger partial charge in [0.15, 0.2) is 5.78 Å². The van der Waals surface area contributed by atoms with Gasteiger partial charge in [0.25, 0.3) is 0 Å². The first-order valence-corrected chi connectivity index (χ1v) is 11.8. The molecule has 0 heterocycles. The molecule has 2 fully saturated rings. The predicted octanol–water partition coefficient (Wildman–Crippen LogP) is 3.12. The van der Waals surface area contributed by atoms with Crippen molar-refractivity contribution in [2.24, 2.45) is 34.5 Å². The fourth-order valence-corrected chi connectivity index (χ4v) is 7.97. The van der Waals surface area contributed by atoms with Crippen LogP contribution in [-0.4, -0.2) is 49.9 Å². The van der Waals surface area contributed by atoms with Gasteiger partial charge in [-0.1, -0.05) is 37.1 Å². The van der Waals surface area contributed by atoms with Crippen molar-refractivity contribution >= 4 is 17.7 Å². The molecule has 0 saturated heterocycles. The number of ketones is 1. The maximum absolute atomic E-state index is 12.0. The Kier molecular flexibility index (Phi) is 5.73. The summed E-state index contributed by atoms with van der Waals surface area (Å²) in [6, 6.07) is 0. The van der Waals surface area contributed by atoms with E-state index in [2.05, 4.69) is 19.9 Å². The van der Waals surface area contributed by atoms with E-state index in [1.54, 1.807) is 12.2 Å². The molecular weight excluding hydrogens is 424 g/mol. The fraction of sp³-hybridized carbons (Fsp3) is 0.654. The third kappa shape index (κ3) is 3.60. The maximum Gasteiger partial charge on any atom is 0.306 e. The molecule has 0 aromatic carbocycles. The molecule has 0 bridgehead atoms. The van der Waals surface area contributed by atoms with Crippen LogP contribution < -0.4 is 0 Å². The van der Waals surface area contributed by atoms with Gasteiger partial charge in [0.2, 0.25) is 0 Å². The minimum absolute atomic E-state index is 0.0166. The van der Waals surface area contributed by atoms with E-state index in [1.165, 1.54) is 5.57 Å². The monoisotopic (exact) mass is 458 g/mol. The minimum Gasteiger partial charge on any atom is -0.481 e. The largest absolute Gasteiger partial charge is 0.481 e. The number of rotatable bonds is 6. The number of aliphatic carboxylic acids is 2. The van der Waals surface area contributed by atoms with E-state index < -0.39 is 47.8 Å². The van der Waals surface area contributed by atoms with E-state index in [0.29, 0.717) is 6.42 Å². The highest BCUT2D eigenvalue weighted by atomic mass is 16.4. The Morgan fingerprint density at radius 1 is 1.24 bits per heavy atom. The van der Waals surface area contributed by atoms with Crippen molar-refractivity contribution in [3.8, 4) is 0 Å². The number of hydrogen-bond acceptors (Lipinski definition) is 5. The second-order valence-electron chi connectivity index (χ2n) is 11.1. The molecule has 0 spiro atoms. The summed E-state index contributed by atoms with van der Waals surface area (Å²) >= 11 is 0. The van der Waals surface area contributed by atoms with E-state index >= 15 is 0 Å². The van der Waals surface area contributed by atoms with Crippen molar-refractivity contribution in [1.82, 2.24) is 0 Å². The zero-order chi connectivity index (χ0) is 24.3. The van der Waals surface area contributed by atoms with Crippen LogP contribution in [0.25, 0.3) is 0 Å². The van der Waals surface area contributed by atoms with E-state index in [4.69, 9.17) is 0 Å². The van der Waals surface area contributed by atoms with Crippen LogP contribution in [-0.2, 0) is 14.4 Å². The first-order valence-electron chi connectivity index (χ1n) is 11.8. The molecule has 0 aliphatic heterocycles. The lowest BCUT2D eigenvalue weighted by atomic mass is 9.50. The summed E-state index contributed by atoms with van der Waals surface area (Å²) in [5.74, 6) is -2.78. The number of hydrogen-bond donors (Lipinski definition) is 4. The molecule has 8 atom stereocenters. The Labute approximate surface area is 193 Å². The van der Waals surface area contributed by atoms with Crippen LogP contribution in [0.3, 0.4) is 0 Å². The Morgan fingerprint density at radius 2 is 1.94 bits per heavy atom. The first kappa shape index (κ1) is 23.9. The molecule has 4 aliphatic carbocycles. The van der Waals surface area contributed by atoms with Crippen LogP contribution in [0, 0.1) is 34.5 Å². The summed E-state index contributed by atoms with van der Waals surface area (Å²) in [7, 11) is 0. The average Bonchev–Trinajstić information content (AvgIpc) is 2.98. The molecule has 3 unspecified atom stereocenters. The van der Waals surface area contributed by atoms with Gasteiger partial charge in [0.1, 0.15) is 5.60 Å². The van der Waals surface area contributed by atoms with Crippen molar-refractivity contribution < 1.29 is 34.8 Å². The summed E-state index contributed by atoms with van der Waals surface area (Å²) in [4.78, 5) is 35.0. The lowest BCUT2D eigenvalue weighted by molar-refractivity contribution is -0.181. The fourth-order valence-electron chi connectivity index (χ4n) is 7.97. The molecule has 0 aromatic heterocycles. The Morgan fingerprint density at radius 3 is 2.58 bits per heavy atom. The van der Waals surface area contributed by atoms with Crippen molar-refractivity contribution in [1.29, 1.82) is 0 Å². The van der Waals surface area contributed by atoms with E-state index in [0.717, 1.165) is 24.8 Å². The van der Waals surface area contributed by atoms with Crippen LogP contribution in [0.4, 0.5) is 0 Å². The van der Waals surface area contributed by atoms with Gasteiger partial charge in [-0.2, -0.15) is 0 Å².